The van der Waals surface area contributed by atoms with E-state index in [-0.39, 0.29) is 6.04 Å². The molecule has 0 saturated heterocycles. The Morgan fingerprint density at radius 2 is 2.47 bits per heavy atom. The van der Waals surface area contributed by atoms with Gasteiger partial charge in [-0.1, -0.05) is 11.6 Å². The van der Waals surface area contributed by atoms with Crippen LogP contribution >= 0.6 is 23.4 Å². The van der Waals surface area contributed by atoms with Crippen molar-refractivity contribution in [3.8, 4) is 0 Å². The van der Waals surface area contributed by atoms with Crippen molar-refractivity contribution in [2.24, 2.45) is 5.84 Å². The molecule has 0 amide bonds. The number of hydrogen-bond donors (Lipinski definition) is 2. The normalized spacial score (nSPS) is 13.1. The molecular weight excluding hydrogens is 232 g/mol. The molecule has 15 heavy (non-hydrogen) atoms. The molecule has 0 aliphatic rings. The van der Waals surface area contributed by atoms with Crippen LogP contribution in [0.5, 0.6) is 0 Å². The van der Waals surface area contributed by atoms with E-state index in [1.54, 1.807) is 18.0 Å². The third-order valence-electron chi connectivity index (χ3n) is 2.27. The van der Waals surface area contributed by atoms with Crippen molar-refractivity contribution in [2.45, 2.75) is 25.9 Å². The Kier molecular flexibility index (Phi) is 5.45. The first-order valence-corrected chi connectivity index (χ1v) is 6.68. The van der Waals surface area contributed by atoms with E-state index in [1.165, 1.54) is 0 Å². The van der Waals surface area contributed by atoms with Gasteiger partial charge in [-0.05, 0) is 25.4 Å². The van der Waals surface area contributed by atoms with E-state index >= 15 is 0 Å². The van der Waals surface area contributed by atoms with Crippen molar-refractivity contribution in [3.05, 3.63) is 16.9 Å². The molecule has 0 spiro atoms. The zero-order valence-corrected chi connectivity index (χ0v) is 10.6. The van der Waals surface area contributed by atoms with E-state index < -0.39 is 0 Å². The van der Waals surface area contributed by atoms with Gasteiger partial charge in [0, 0.05) is 6.54 Å². The molecule has 0 radical (unpaired) electrons. The summed E-state index contributed by atoms with van der Waals surface area (Å²) in [6.45, 7) is 2.84. The van der Waals surface area contributed by atoms with Crippen LogP contribution in [0.2, 0.25) is 5.02 Å². The number of hydrogen-bond acceptors (Lipinski definition) is 4. The summed E-state index contributed by atoms with van der Waals surface area (Å²) in [7, 11) is 0. The monoisotopic (exact) mass is 248 g/mol. The molecule has 1 aromatic heterocycles. The summed E-state index contributed by atoms with van der Waals surface area (Å²) >= 11 is 7.88. The highest BCUT2D eigenvalue weighted by atomic mass is 35.5. The lowest BCUT2D eigenvalue weighted by Gasteiger charge is -2.17. The van der Waals surface area contributed by atoms with Gasteiger partial charge in [-0.15, -0.1) is 0 Å². The van der Waals surface area contributed by atoms with E-state index in [2.05, 4.69) is 16.8 Å². The van der Waals surface area contributed by atoms with E-state index in [0.717, 1.165) is 24.4 Å². The number of halogens is 1. The predicted molar refractivity (Wildman–Crippen MR) is 66.0 cm³/mol. The van der Waals surface area contributed by atoms with Gasteiger partial charge in [0.05, 0.1) is 23.0 Å². The summed E-state index contributed by atoms with van der Waals surface area (Å²) in [5.74, 6) is 6.58. The first-order valence-electron chi connectivity index (χ1n) is 4.90. The third-order valence-corrected chi connectivity index (χ3v) is 3.21. The average molecular weight is 249 g/mol. The van der Waals surface area contributed by atoms with Gasteiger partial charge < -0.3 is 0 Å². The Balaban J connectivity index is 2.84. The zero-order valence-electron chi connectivity index (χ0n) is 9.03. The molecule has 1 aromatic rings. The molecule has 86 valence electrons. The van der Waals surface area contributed by atoms with E-state index in [9.17, 15) is 0 Å². The second-order valence-corrected chi connectivity index (χ2v) is 4.59. The van der Waals surface area contributed by atoms with Gasteiger partial charge in [0.2, 0.25) is 0 Å². The van der Waals surface area contributed by atoms with Crippen molar-refractivity contribution in [1.29, 1.82) is 0 Å². The molecule has 0 fully saturated rings. The molecule has 0 aromatic carbocycles. The van der Waals surface area contributed by atoms with Crippen LogP contribution in [0.25, 0.3) is 0 Å². The molecule has 4 nitrogen and oxygen atoms in total. The summed E-state index contributed by atoms with van der Waals surface area (Å²) in [5, 5.41) is 4.87. The van der Waals surface area contributed by atoms with Crippen LogP contribution in [0.3, 0.4) is 0 Å². The fourth-order valence-electron chi connectivity index (χ4n) is 1.51. The molecular formula is C9H17ClN4S. The number of nitrogens with zero attached hydrogens (tertiary/aromatic N) is 2. The van der Waals surface area contributed by atoms with Crippen molar-refractivity contribution in [3.63, 3.8) is 0 Å². The average Bonchev–Trinajstić information content (AvgIpc) is 2.62. The summed E-state index contributed by atoms with van der Waals surface area (Å²) in [5.41, 5.74) is 3.78. The molecule has 0 bridgehead atoms. The number of aryl methyl sites for hydroxylation is 1. The number of hydrazine groups is 1. The Labute approximate surface area is 99.5 Å². The minimum atomic E-state index is 0.0763. The molecule has 1 atom stereocenters. The van der Waals surface area contributed by atoms with Crippen LogP contribution < -0.4 is 11.3 Å². The SMILES string of the molecule is CCn1ncc(Cl)c1C(CCSC)NN. The van der Waals surface area contributed by atoms with Gasteiger partial charge in [0.15, 0.2) is 0 Å². The van der Waals surface area contributed by atoms with Crippen LogP contribution in [-0.4, -0.2) is 21.8 Å². The van der Waals surface area contributed by atoms with Crippen LogP contribution in [0.1, 0.15) is 25.1 Å². The highest BCUT2D eigenvalue weighted by Crippen LogP contribution is 2.25. The second kappa shape index (κ2) is 6.37. The van der Waals surface area contributed by atoms with Crippen LogP contribution in [0.4, 0.5) is 0 Å². The van der Waals surface area contributed by atoms with E-state index in [1.807, 2.05) is 11.6 Å². The van der Waals surface area contributed by atoms with Crippen molar-refractivity contribution in [1.82, 2.24) is 15.2 Å². The fraction of sp³-hybridized carbons (Fsp3) is 0.667. The lowest BCUT2D eigenvalue weighted by atomic mass is 10.1. The highest BCUT2D eigenvalue weighted by Gasteiger charge is 2.18. The molecule has 1 heterocycles. The van der Waals surface area contributed by atoms with Crippen LogP contribution in [0.15, 0.2) is 6.20 Å². The zero-order chi connectivity index (χ0) is 11.3. The van der Waals surface area contributed by atoms with Crippen LogP contribution in [0, 0.1) is 0 Å². The molecule has 0 aliphatic heterocycles. The number of thioether (sulfide) groups is 1. The maximum Gasteiger partial charge on any atom is 0.0834 e. The molecule has 3 N–H and O–H groups in total. The van der Waals surface area contributed by atoms with Gasteiger partial charge in [0.1, 0.15) is 0 Å². The van der Waals surface area contributed by atoms with Gasteiger partial charge in [-0.2, -0.15) is 16.9 Å². The lowest BCUT2D eigenvalue weighted by Crippen LogP contribution is -2.30. The number of aromatic nitrogens is 2. The van der Waals surface area contributed by atoms with Crippen LogP contribution in [-0.2, 0) is 6.54 Å². The Morgan fingerprint density at radius 1 is 1.73 bits per heavy atom. The largest absolute Gasteiger partial charge is 0.271 e. The summed E-state index contributed by atoms with van der Waals surface area (Å²) in [4.78, 5) is 0. The molecule has 0 aliphatic carbocycles. The van der Waals surface area contributed by atoms with Gasteiger partial charge >= 0.3 is 0 Å². The number of nitrogens with one attached hydrogen (secondary N) is 1. The Morgan fingerprint density at radius 3 is 3.00 bits per heavy atom. The maximum absolute atomic E-state index is 6.09. The fourth-order valence-corrected chi connectivity index (χ4v) is 2.25. The Bertz CT molecular complexity index is 302. The standard InChI is InChI=1S/C9H17ClN4S/c1-3-14-9(7(10)6-12-14)8(13-11)4-5-15-2/h6,8,13H,3-5,11H2,1-2H3. The first-order chi connectivity index (χ1) is 7.24. The number of rotatable bonds is 6. The summed E-state index contributed by atoms with van der Waals surface area (Å²) < 4.78 is 1.88. The Hall–Kier alpha value is -0.230. The minimum Gasteiger partial charge on any atom is -0.271 e. The van der Waals surface area contributed by atoms with Gasteiger partial charge in [0.25, 0.3) is 0 Å². The van der Waals surface area contributed by atoms with E-state index in [4.69, 9.17) is 17.4 Å². The molecule has 1 rings (SSSR count). The van der Waals surface area contributed by atoms with Crippen molar-refractivity contribution >= 4 is 23.4 Å². The van der Waals surface area contributed by atoms with Gasteiger partial charge in [-0.25, -0.2) is 0 Å². The first kappa shape index (κ1) is 12.8. The number of nitrogens with two attached hydrogens (primary N) is 1. The minimum absolute atomic E-state index is 0.0763. The summed E-state index contributed by atoms with van der Waals surface area (Å²) in [6, 6.07) is 0.0763. The lowest BCUT2D eigenvalue weighted by molar-refractivity contribution is 0.484. The maximum atomic E-state index is 6.09. The second-order valence-electron chi connectivity index (χ2n) is 3.19. The molecule has 6 heteroatoms. The smallest absolute Gasteiger partial charge is 0.0834 e. The summed E-state index contributed by atoms with van der Waals surface area (Å²) in [6.07, 6.45) is 4.69. The highest BCUT2D eigenvalue weighted by molar-refractivity contribution is 7.98. The van der Waals surface area contributed by atoms with Crippen molar-refractivity contribution in [2.75, 3.05) is 12.0 Å². The van der Waals surface area contributed by atoms with E-state index in [0.29, 0.717) is 5.02 Å². The van der Waals surface area contributed by atoms with Crippen molar-refractivity contribution < 1.29 is 0 Å². The molecule has 0 saturated carbocycles. The quantitative estimate of drug-likeness (QED) is 0.596. The van der Waals surface area contributed by atoms with Gasteiger partial charge in [-0.3, -0.25) is 16.0 Å². The molecule has 1 unspecified atom stereocenters. The third kappa shape index (κ3) is 3.11. The topological polar surface area (TPSA) is 55.9 Å². The predicted octanol–water partition coefficient (Wildman–Crippen LogP) is 1.81.